The van der Waals surface area contributed by atoms with Gasteiger partial charge in [0.2, 0.25) is 0 Å². The maximum absolute atomic E-state index is 6.77. The zero-order chi connectivity index (χ0) is 25.8. The SMILES string of the molecule is c1ccc(-c2cccc(-c3nc(-c4ccccc4)nc4c3oc3c5ccccc5c5ccccc5c43)c2)cc1. The smallest absolute Gasteiger partial charge is 0.180 e. The van der Waals surface area contributed by atoms with E-state index in [1.807, 2.05) is 24.3 Å². The molecule has 0 spiro atoms. The Labute approximate surface area is 225 Å². The van der Waals surface area contributed by atoms with Crippen LogP contribution >= 0.6 is 0 Å². The van der Waals surface area contributed by atoms with Gasteiger partial charge in [-0.2, -0.15) is 0 Å². The molecule has 0 aliphatic heterocycles. The molecule has 8 rings (SSSR count). The maximum Gasteiger partial charge on any atom is 0.180 e. The van der Waals surface area contributed by atoms with Crippen LogP contribution in [0, 0.1) is 0 Å². The molecule has 3 nitrogen and oxygen atoms in total. The van der Waals surface area contributed by atoms with Crippen molar-refractivity contribution in [2.45, 2.75) is 0 Å². The van der Waals surface area contributed by atoms with E-state index in [1.165, 1.54) is 10.8 Å². The van der Waals surface area contributed by atoms with Crippen molar-refractivity contribution in [1.29, 1.82) is 0 Å². The molecule has 0 aliphatic rings. The molecule has 0 radical (unpaired) electrons. The van der Waals surface area contributed by atoms with Gasteiger partial charge in [-0.05, 0) is 33.4 Å². The van der Waals surface area contributed by atoms with Crippen molar-refractivity contribution in [2.75, 3.05) is 0 Å². The number of aromatic nitrogens is 2. The molecule has 0 saturated heterocycles. The summed E-state index contributed by atoms with van der Waals surface area (Å²) in [6, 6.07) is 46.1. The van der Waals surface area contributed by atoms with E-state index < -0.39 is 0 Å². The Morgan fingerprint density at radius 3 is 1.72 bits per heavy atom. The van der Waals surface area contributed by atoms with Crippen molar-refractivity contribution in [3.63, 3.8) is 0 Å². The summed E-state index contributed by atoms with van der Waals surface area (Å²) in [6.45, 7) is 0. The van der Waals surface area contributed by atoms with E-state index in [1.54, 1.807) is 0 Å². The number of hydrogen-bond acceptors (Lipinski definition) is 3. The van der Waals surface area contributed by atoms with Crippen LogP contribution in [0.1, 0.15) is 0 Å². The van der Waals surface area contributed by atoms with Gasteiger partial charge in [-0.1, -0.05) is 127 Å². The van der Waals surface area contributed by atoms with E-state index in [4.69, 9.17) is 14.4 Å². The lowest BCUT2D eigenvalue weighted by atomic mass is 9.97. The quantitative estimate of drug-likeness (QED) is 0.228. The molecule has 0 atom stereocenters. The first kappa shape index (κ1) is 21.8. The minimum absolute atomic E-state index is 0.683. The number of furan rings is 1. The Balaban J connectivity index is 1.52. The number of nitrogens with zero attached hydrogens (tertiary/aromatic N) is 2. The van der Waals surface area contributed by atoms with Crippen LogP contribution in [0.15, 0.2) is 138 Å². The van der Waals surface area contributed by atoms with E-state index in [9.17, 15) is 0 Å². The molecular weight excluding hydrogens is 476 g/mol. The molecule has 0 amide bonds. The first-order valence-corrected chi connectivity index (χ1v) is 13.1. The first-order chi connectivity index (χ1) is 19.3. The second kappa shape index (κ2) is 8.64. The zero-order valence-corrected chi connectivity index (χ0v) is 21.0. The Morgan fingerprint density at radius 1 is 0.410 bits per heavy atom. The Kier molecular flexibility index (Phi) is 4.82. The summed E-state index contributed by atoms with van der Waals surface area (Å²) < 4.78 is 6.77. The monoisotopic (exact) mass is 498 g/mol. The van der Waals surface area contributed by atoms with Crippen molar-refractivity contribution in [2.24, 2.45) is 0 Å². The van der Waals surface area contributed by atoms with Gasteiger partial charge in [0.05, 0.1) is 5.39 Å². The van der Waals surface area contributed by atoms with Gasteiger partial charge in [0, 0.05) is 16.5 Å². The Hall–Kier alpha value is -5.28. The average Bonchev–Trinajstić information content (AvgIpc) is 3.42. The molecule has 0 saturated carbocycles. The summed E-state index contributed by atoms with van der Waals surface area (Å²) in [4.78, 5) is 10.3. The second-order valence-electron chi connectivity index (χ2n) is 9.78. The minimum Gasteiger partial charge on any atom is -0.451 e. The molecular formula is C36H22N2O. The normalized spacial score (nSPS) is 11.6. The summed E-state index contributed by atoms with van der Waals surface area (Å²) in [7, 11) is 0. The fourth-order valence-electron chi connectivity index (χ4n) is 5.66. The van der Waals surface area contributed by atoms with Crippen LogP contribution in [0.25, 0.3) is 77.4 Å². The molecule has 0 N–H and O–H groups in total. The Bertz CT molecular complexity index is 2160. The highest BCUT2D eigenvalue weighted by Crippen LogP contribution is 2.43. The van der Waals surface area contributed by atoms with Crippen LogP contribution in [0.3, 0.4) is 0 Å². The standard InChI is InChI=1S/C36H22N2O/c1-3-12-23(13-4-1)25-16-11-17-26(22-25)32-35-33(38-36(37-32)24-14-5-2-6-15-24)31-29-20-9-7-18-27(29)28-19-8-10-21-30(28)34(31)39-35/h1-22H. The first-order valence-electron chi connectivity index (χ1n) is 13.1. The van der Waals surface area contributed by atoms with Crippen LogP contribution in [-0.4, -0.2) is 9.97 Å². The van der Waals surface area contributed by atoms with Gasteiger partial charge in [-0.15, -0.1) is 0 Å². The number of hydrogen-bond donors (Lipinski definition) is 0. The summed E-state index contributed by atoms with van der Waals surface area (Å²) in [5.41, 5.74) is 7.44. The third-order valence-corrected chi connectivity index (χ3v) is 7.47. The molecule has 39 heavy (non-hydrogen) atoms. The predicted octanol–water partition coefficient (Wildman–Crippen LogP) is 9.68. The van der Waals surface area contributed by atoms with Crippen LogP contribution in [0.4, 0.5) is 0 Å². The van der Waals surface area contributed by atoms with Gasteiger partial charge in [-0.25, -0.2) is 9.97 Å². The second-order valence-corrected chi connectivity index (χ2v) is 9.78. The molecule has 0 unspecified atom stereocenters. The van der Waals surface area contributed by atoms with Crippen LogP contribution < -0.4 is 0 Å². The summed E-state index contributed by atoms with van der Waals surface area (Å²) >= 11 is 0. The predicted molar refractivity (Wildman–Crippen MR) is 161 cm³/mol. The molecule has 0 fully saturated rings. The third kappa shape index (κ3) is 3.44. The highest BCUT2D eigenvalue weighted by Gasteiger charge is 2.22. The molecule has 182 valence electrons. The molecule has 2 heterocycles. The number of rotatable bonds is 3. The van der Waals surface area contributed by atoms with Crippen molar-refractivity contribution in [3.8, 4) is 33.8 Å². The van der Waals surface area contributed by atoms with Crippen LogP contribution in [0.2, 0.25) is 0 Å². The molecule has 0 aliphatic carbocycles. The number of fused-ring (bicyclic) bond motifs is 8. The van der Waals surface area contributed by atoms with Crippen molar-refractivity contribution in [1.82, 2.24) is 9.97 Å². The molecule has 2 aromatic heterocycles. The maximum atomic E-state index is 6.77. The lowest BCUT2D eigenvalue weighted by Crippen LogP contribution is -1.94. The van der Waals surface area contributed by atoms with E-state index in [2.05, 4.69) is 109 Å². The largest absolute Gasteiger partial charge is 0.451 e. The van der Waals surface area contributed by atoms with Crippen molar-refractivity contribution >= 4 is 43.6 Å². The van der Waals surface area contributed by atoms with Gasteiger partial charge in [0.15, 0.2) is 11.4 Å². The fourth-order valence-corrected chi connectivity index (χ4v) is 5.66. The highest BCUT2D eigenvalue weighted by atomic mass is 16.3. The van der Waals surface area contributed by atoms with Crippen LogP contribution in [-0.2, 0) is 0 Å². The van der Waals surface area contributed by atoms with E-state index in [-0.39, 0.29) is 0 Å². The molecule has 8 aromatic rings. The van der Waals surface area contributed by atoms with Gasteiger partial charge >= 0.3 is 0 Å². The van der Waals surface area contributed by atoms with E-state index in [0.29, 0.717) is 11.4 Å². The van der Waals surface area contributed by atoms with Gasteiger partial charge in [0.1, 0.15) is 16.8 Å². The highest BCUT2D eigenvalue weighted by molar-refractivity contribution is 6.30. The Morgan fingerprint density at radius 2 is 0.974 bits per heavy atom. The molecule has 6 aromatic carbocycles. The van der Waals surface area contributed by atoms with Crippen molar-refractivity contribution < 1.29 is 4.42 Å². The number of benzene rings is 6. The lowest BCUT2D eigenvalue weighted by Gasteiger charge is -2.08. The average molecular weight is 499 g/mol. The topological polar surface area (TPSA) is 38.9 Å². The fraction of sp³-hybridized carbons (Fsp3) is 0. The van der Waals surface area contributed by atoms with E-state index in [0.717, 1.165) is 55.2 Å². The van der Waals surface area contributed by atoms with E-state index >= 15 is 0 Å². The van der Waals surface area contributed by atoms with Crippen LogP contribution in [0.5, 0.6) is 0 Å². The van der Waals surface area contributed by atoms with Gasteiger partial charge in [-0.3, -0.25) is 0 Å². The third-order valence-electron chi connectivity index (χ3n) is 7.47. The summed E-state index contributed by atoms with van der Waals surface area (Å²) in [5.74, 6) is 0.683. The molecule has 3 heteroatoms. The van der Waals surface area contributed by atoms with Gasteiger partial charge in [0.25, 0.3) is 0 Å². The summed E-state index contributed by atoms with van der Waals surface area (Å²) in [6.07, 6.45) is 0. The zero-order valence-electron chi connectivity index (χ0n) is 21.0. The summed E-state index contributed by atoms with van der Waals surface area (Å²) in [5, 5.41) is 5.60. The molecule has 0 bridgehead atoms. The van der Waals surface area contributed by atoms with Gasteiger partial charge < -0.3 is 4.42 Å². The minimum atomic E-state index is 0.683. The van der Waals surface area contributed by atoms with Crippen molar-refractivity contribution in [3.05, 3.63) is 133 Å². The lowest BCUT2D eigenvalue weighted by molar-refractivity contribution is 0.671.